The highest BCUT2D eigenvalue weighted by Crippen LogP contribution is 2.37. The topological polar surface area (TPSA) is 32.8 Å². The highest BCUT2D eigenvalue weighted by molar-refractivity contribution is 5.76. The molecule has 0 bridgehead atoms. The van der Waals surface area contributed by atoms with Crippen LogP contribution in [0.25, 0.3) is 0 Å². The molecule has 0 radical (unpaired) electrons. The van der Waals surface area contributed by atoms with Gasteiger partial charge in [0.05, 0.1) is 7.11 Å². The molecule has 4 nitrogen and oxygen atoms in total. The number of likely N-dealkylation sites (tertiary alicyclic amines) is 1. The summed E-state index contributed by atoms with van der Waals surface area (Å²) < 4.78 is 4.97. The van der Waals surface area contributed by atoms with Gasteiger partial charge in [-0.1, -0.05) is 0 Å². The molecule has 1 aliphatic heterocycles. The maximum absolute atomic E-state index is 11.9. The normalized spacial score (nSPS) is 28.1. The van der Waals surface area contributed by atoms with Gasteiger partial charge in [0.1, 0.15) is 6.04 Å². The molecular formula is C13H24N2O2. The standard InChI is InChI=1S/C13H24N2O2/c1-14(2)11-5-4-8-15(9-11)12(10-6-7-10)13(16)17-3/h10-12H,4-9H2,1-3H3. The third-order valence-corrected chi connectivity index (χ3v) is 4.06. The molecule has 1 saturated heterocycles. The predicted octanol–water partition coefficient (Wildman–Crippen LogP) is 0.964. The van der Waals surface area contributed by atoms with Crippen molar-refractivity contribution in [2.24, 2.45) is 5.92 Å². The smallest absolute Gasteiger partial charge is 0.323 e. The SMILES string of the molecule is COC(=O)C(C1CC1)N1CCCC(N(C)C)C1. The van der Waals surface area contributed by atoms with Crippen LogP contribution in [0.5, 0.6) is 0 Å². The molecule has 2 unspecified atom stereocenters. The number of methoxy groups -OCH3 is 1. The van der Waals surface area contributed by atoms with E-state index in [4.69, 9.17) is 4.74 Å². The zero-order chi connectivity index (χ0) is 12.4. The fourth-order valence-electron chi connectivity index (χ4n) is 2.83. The lowest BCUT2D eigenvalue weighted by Crippen LogP contribution is -2.52. The summed E-state index contributed by atoms with van der Waals surface area (Å²) in [4.78, 5) is 16.5. The van der Waals surface area contributed by atoms with E-state index in [0.717, 1.165) is 13.1 Å². The molecule has 98 valence electrons. The van der Waals surface area contributed by atoms with Gasteiger partial charge in [0.25, 0.3) is 0 Å². The number of piperidine rings is 1. The molecule has 1 saturated carbocycles. The lowest BCUT2D eigenvalue weighted by molar-refractivity contribution is -0.148. The van der Waals surface area contributed by atoms with Crippen molar-refractivity contribution in [3.63, 3.8) is 0 Å². The molecule has 0 spiro atoms. The van der Waals surface area contributed by atoms with Crippen molar-refractivity contribution in [3.05, 3.63) is 0 Å². The van der Waals surface area contributed by atoms with Crippen LogP contribution in [0.15, 0.2) is 0 Å². The van der Waals surface area contributed by atoms with Gasteiger partial charge in [-0.3, -0.25) is 9.69 Å². The molecule has 2 fully saturated rings. The first kappa shape index (κ1) is 12.8. The summed E-state index contributed by atoms with van der Waals surface area (Å²) in [7, 11) is 5.75. The fraction of sp³-hybridized carbons (Fsp3) is 0.923. The minimum absolute atomic E-state index is 0.0164. The molecular weight excluding hydrogens is 216 g/mol. The van der Waals surface area contributed by atoms with E-state index in [0.29, 0.717) is 12.0 Å². The molecule has 0 aromatic carbocycles. The minimum Gasteiger partial charge on any atom is -0.468 e. The van der Waals surface area contributed by atoms with Gasteiger partial charge in [0.15, 0.2) is 0 Å². The van der Waals surface area contributed by atoms with E-state index in [1.54, 1.807) is 0 Å². The highest BCUT2D eigenvalue weighted by atomic mass is 16.5. The van der Waals surface area contributed by atoms with Crippen LogP contribution in [0.4, 0.5) is 0 Å². The molecule has 2 rings (SSSR count). The van der Waals surface area contributed by atoms with Gasteiger partial charge < -0.3 is 9.64 Å². The third kappa shape index (κ3) is 2.99. The molecule has 0 amide bonds. The van der Waals surface area contributed by atoms with E-state index in [-0.39, 0.29) is 12.0 Å². The van der Waals surface area contributed by atoms with Crippen molar-refractivity contribution in [3.8, 4) is 0 Å². The van der Waals surface area contributed by atoms with Crippen LogP contribution in [0.2, 0.25) is 0 Å². The number of nitrogens with zero attached hydrogens (tertiary/aromatic N) is 2. The second-order valence-electron chi connectivity index (χ2n) is 5.56. The van der Waals surface area contributed by atoms with Crippen molar-refractivity contribution >= 4 is 5.97 Å². The van der Waals surface area contributed by atoms with Gasteiger partial charge in [-0.25, -0.2) is 0 Å². The summed E-state index contributed by atoms with van der Waals surface area (Å²) in [5, 5.41) is 0. The van der Waals surface area contributed by atoms with Gasteiger partial charge in [0, 0.05) is 12.6 Å². The van der Waals surface area contributed by atoms with Crippen LogP contribution in [0, 0.1) is 5.92 Å². The van der Waals surface area contributed by atoms with Crippen LogP contribution in [-0.2, 0) is 9.53 Å². The van der Waals surface area contributed by atoms with E-state index < -0.39 is 0 Å². The molecule has 2 aliphatic rings. The Labute approximate surface area is 104 Å². The summed E-state index contributed by atoms with van der Waals surface area (Å²) >= 11 is 0. The largest absolute Gasteiger partial charge is 0.468 e. The first-order chi connectivity index (χ1) is 8.13. The second kappa shape index (κ2) is 5.36. The quantitative estimate of drug-likeness (QED) is 0.685. The van der Waals surface area contributed by atoms with Crippen molar-refractivity contribution in [2.45, 2.75) is 37.8 Å². The number of esters is 1. The second-order valence-corrected chi connectivity index (χ2v) is 5.56. The summed E-state index contributed by atoms with van der Waals surface area (Å²) in [5.74, 6) is 0.510. The number of likely N-dealkylation sites (N-methyl/N-ethyl adjacent to an activating group) is 1. The number of ether oxygens (including phenoxy) is 1. The average molecular weight is 240 g/mol. The summed E-state index contributed by atoms with van der Waals surface area (Å²) in [6.07, 6.45) is 4.79. The summed E-state index contributed by atoms with van der Waals surface area (Å²) in [5.41, 5.74) is 0. The molecule has 1 aliphatic carbocycles. The molecule has 17 heavy (non-hydrogen) atoms. The summed E-state index contributed by atoms with van der Waals surface area (Å²) in [6.45, 7) is 2.05. The highest BCUT2D eigenvalue weighted by Gasteiger charge is 2.42. The zero-order valence-electron chi connectivity index (χ0n) is 11.2. The average Bonchev–Trinajstić information content (AvgIpc) is 3.14. The van der Waals surface area contributed by atoms with E-state index in [2.05, 4.69) is 23.9 Å². The van der Waals surface area contributed by atoms with Crippen LogP contribution in [0.3, 0.4) is 0 Å². The number of rotatable bonds is 4. The van der Waals surface area contributed by atoms with Crippen molar-refractivity contribution in [1.29, 1.82) is 0 Å². The van der Waals surface area contributed by atoms with E-state index in [1.165, 1.54) is 32.8 Å². The van der Waals surface area contributed by atoms with E-state index in [9.17, 15) is 4.79 Å². The molecule has 0 aromatic rings. The van der Waals surface area contributed by atoms with Crippen molar-refractivity contribution < 1.29 is 9.53 Å². The number of hydrogen-bond acceptors (Lipinski definition) is 4. The van der Waals surface area contributed by atoms with Gasteiger partial charge in [-0.2, -0.15) is 0 Å². The summed E-state index contributed by atoms with van der Waals surface area (Å²) in [6, 6.07) is 0.595. The maximum atomic E-state index is 11.9. The van der Waals surface area contributed by atoms with Gasteiger partial charge in [-0.15, -0.1) is 0 Å². The molecule has 1 heterocycles. The number of carbonyl (C=O) groups is 1. The Morgan fingerprint density at radius 3 is 2.59 bits per heavy atom. The Kier molecular flexibility index (Phi) is 4.05. The van der Waals surface area contributed by atoms with Gasteiger partial charge in [0.2, 0.25) is 0 Å². The Balaban J connectivity index is 2.00. The monoisotopic (exact) mass is 240 g/mol. The fourth-order valence-corrected chi connectivity index (χ4v) is 2.83. The number of carbonyl (C=O) groups excluding carboxylic acids is 1. The molecule has 2 atom stereocenters. The Morgan fingerprint density at radius 2 is 2.06 bits per heavy atom. The third-order valence-electron chi connectivity index (χ3n) is 4.06. The predicted molar refractivity (Wildman–Crippen MR) is 66.8 cm³/mol. The van der Waals surface area contributed by atoms with Crippen molar-refractivity contribution in [2.75, 3.05) is 34.3 Å². The molecule has 4 heteroatoms. The Bertz CT molecular complexity index is 277. The minimum atomic E-state index is -0.0353. The van der Waals surface area contributed by atoms with Crippen LogP contribution >= 0.6 is 0 Å². The van der Waals surface area contributed by atoms with E-state index in [1.807, 2.05) is 0 Å². The van der Waals surface area contributed by atoms with Crippen LogP contribution in [0.1, 0.15) is 25.7 Å². The maximum Gasteiger partial charge on any atom is 0.323 e. The Morgan fingerprint density at radius 1 is 1.35 bits per heavy atom. The number of hydrogen-bond donors (Lipinski definition) is 0. The first-order valence-electron chi connectivity index (χ1n) is 6.61. The van der Waals surface area contributed by atoms with E-state index >= 15 is 0 Å². The van der Waals surface area contributed by atoms with Crippen LogP contribution in [-0.4, -0.2) is 62.1 Å². The lowest BCUT2D eigenvalue weighted by atomic mass is 10.0. The van der Waals surface area contributed by atoms with Crippen molar-refractivity contribution in [1.82, 2.24) is 9.80 Å². The van der Waals surface area contributed by atoms with Gasteiger partial charge in [-0.05, 0) is 52.2 Å². The molecule has 0 aromatic heterocycles. The first-order valence-corrected chi connectivity index (χ1v) is 6.61. The molecule has 0 N–H and O–H groups in total. The van der Waals surface area contributed by atoms with Gasteiger partial charge >= 0.3 is 5.97 Å². The Hall–Kier alpha value is -0.610. The lowest BCUT2D eigenvalue weighted by Gasteiger charge is -2.39. The zero-order valence-corrected chi connectivity index (χ0v) is 11.2. The van der Waals surface area contributed by atoms with Crippen LogP contribution < -0.4 is 0 Å².